The average Bonchev–Trinajstić information content (AvgIpc) is 2.52. The lowest BCUT2D eigenvalue weighted by Gasteiger charge is -2.44. The Bertz CT molecular complexity index is 457. The molecule has 1 aliphatic carbocycles. The van der Waals surface area contributed by atoms with E-state index in [2.05, 4.69) is 0 Å². The summed E-state index contributed by atoms with van der Waals surface area (Å²) < 4.78 is 10.7. The molecule has 0 spiro atoms. The van der Waals surface area contributed by atoms with Crippen LogP contribution in [0.2, 0.25) is 0 Å². The number of rotatable bonds is 4. The van der Waals surface area contributed by atoms with Crippen molar-refractivity contribution in [2.24, 2.45) is 17.2 Å². The number of hydrogen-bond donors (Lipinski definition) is 7. The van der Waals surface area contributed by atoms with Crippen LogP contribution in [0.5, 0.6) is 0 Å². The Hall–Kier alpha value is -0.960. The van der Waals surface area contributed by atoms with Crippen molar-refractivity contribution in [3.63, 3.8) is 0 Å². The predicted octanol–water partition coefficient (Wildman–Crippen LogP) is -4.80. The van der Waals surface area contributed by atoms with Crippen LogP contribution < -0.4 is 17.2 Å². The predicted molar refractivity (Wildman–Crippen MR) is 78.0 cm³/mol. The number of ether oxygens (including phenoxy) is 2. The zero-order valence-electron chi connectivity index (χ0n) is 12.8. The van der Waals surface area contributed by atoms with Gasteiger partial charge in [-0.25, -0.2) is 0 Å². The second kappa shape index (κ2) is 7.51. The lowest BCUT2D eigenvalue weighted by molar-refractivity contribution is -0.576. The Labute approximate surface area is 137 Å². The molecule has 12 heteroatoms. The van der Waals surface area contributed by atoms with Crippen molar-refractivity contribution < 1.29 is 34.8 Å². The normalized spacial score (nSPS) is 49.8. The molecule has 0 aromatic carbocycles. The van der Waals surface area contributed by atoms with E-state index in [0.717, 1.165) is 0 Å². The lowest BCUT2D eigenvalue weighted by atomic mass is 9.84. The molecule has 24 heavy (non-hydrogen) atoms. The van der Waals surface area contributed by atoms with E-state index in [1.165, 1.54) is 0 Å². The summed E-state index contributed by atoms with van der Waals surface area (Å²) in [5.74, 6) is 0. The third-order valence-electron chi connectivity index (χ3n) is 4.53. The van der Waals surface area contributed by atoms with Crippen molar-refractivity contribution in [3.8, 4) is 0 Å². The van der Waals surface area contributed by atoms with Gasteiger partial charge in [0.05, 0.1) is 6.10 Å². The largest absolute Gasteiger partial charge is 0.389 e. The minimum absolute atomic E-state index is 0.115. The highest BCUT2D eigenvalue weighted by Crippen LogP contribution is 2.28. The van der Waals surface area contributed by atoms with Gasteiger partial charge in [0.1, 0.15) is 24.4 Å². The lowest BCUT2D eigenvalue weighted by Crippen LogP contribution is -2.67. The van der Waals surface area contributed by atoms with Crippen LogP contribution in [-0.4, -0.2) is 92.9 Å². The molecular weight excluding hydrogens is 328 g/mol. The SMILES string of the molecule is NC[C@@H]1O[C@@H](O[C@H]2[C@H](O)[C@@H](O)[C@H](N)C[C@@H]2N)[C@@H]([N+](=O)[O-])[C@H](O)[C@H]1O. The quantitative estimate of drug-likeness (QED) is 0.188. The van der Waals surface area contributed by atoms with E-state index < -0.39 is 66.0 Å². The van der Waals surface area contributed by atoms with Gasteiger partial charge in [-0.1, -0.05) is 0 Å². The summed E-state index contributed by atoms with van der Waals surface area (Å²) in [7, 11) is 0. The van der Waals surface area contributed by atoms with Crippen molar-refractivity contribution in [3.05, 3.63) is 10.1 Å². The maximum absolute atomic E-state index is 11.2. The van der Waals surface area contributed by atoms with Crippen LogP contribution in [0.15, 0.2) is 0 Å². The van der Waals surface area contributed by atoms with Crippen LogP contribution in [-0.2, 0) is 9.47 Å². The number of nitro groups is 1. The molecule has 2 fully saturated rings. The zero-order chi connectivity index (χ0) is 18.2. The summed E-state index contributed by atoms with van der Waals surface area (Å²) >= 11 is 0. The zero-order valence-corrected chi connectivity index (χ0v) is 12.8. The number of aliphatic hydroxyl groups is 4. The van der Waals surface area contributed by atoms with Gasteiger partial charge in [0.25, 0.3) is 6.04 Å². The Morgan fingerprint density at radius 2 is 1.71 bits per heavy atom. The summed E-state index contributed by atoms with van der Waals surface area (Å²) in [4.78, 5) is 10.4. The maximum Gasteiger partial charge on any atom is 0.291 e. The van der Waals surface area contributed by atoms with Gasteiger partial charge in [0.15, 0.2) is 6.10 Å². The van der Waals surface area contributed by atoms with Crippen LogP contribution in [0, 0.1) is 10.1 Å². The van der Waals surface area contributed by atoms with Gasteiger partial charge in [0.2, 0.25) is 6.29 Å². The van der Waals surface area contributed by atoms with E-state index >= 15 is 0 Å². The number of hydrogen-bond acceptors (Lipinski definition) is 11. The molecule has 12 nitrogen and oxygen atoms in total. The summed E-state index contributed by atoms with van der Waals surface area (Å²) in [6.07, 6.45) is -9.94. The van der Waals surface area contributed by atoms with E-state index in [1.807, 2.05) is 0 Å². The molecule has 0 amide bonds. The number of nitrogens with two attached hydrogens (primary N) is 3. The minimum Gasteiger partial charge on any atom is -0.389 e. The number of nitrogens with zero attached hydrogens (tertiary/aromatic N) is 1. The molecule has 0 aromatic rings. The Balaban J connectivity index is 2.19. The van der Waals surface area contributed by atoms with Crippen LogP contribution in [0.4, 0.5) is 0 Å². The van der Waals surface area contributed by atoms with Gasteiger partial charge in [0, 0.05) is 23.6 Å². The highest BCUT2D eigenvalue weighted by molar-refractivity contribution is 4.99. The second-order valence-corrected chi connectivity index (χ2v) is 6.18. The summed E-state index contributed by atoms with van der Waals surface area (Å²) in [5, 5.41) is 50.9. The van der Waals surface area contributed by atoms with E-state index in [0.29, 0.717) is 0 Å². The fourth-order valence-electron chi connectivity index (χ4n) is 3.07. The van der Waals surface area contributed by atoms with Crippen molar-refractivity contribution >= 4 is 0 Å². The molecule has 1 saturated heterocycles. The monoisotopic (exact) mass is 352 g/mol. The first-order valence-corrected chi connectivity index (χ1v) is 7.57. The minimum atomic E-state index is -1.81. The van der Waals surface area contributed by atoms with Gasteiger partial charge < -0.3 is 47.1 Å². The number of aliphatic hydroxyl groups excluding tert-OH is 4. The topological polar surface area (TPSA) is 221 Å². The van der Waals surface area contributed by atoms with Crippen LogP contribution >= 0.6 is 0 Å². The molecule has 0 bridgehead atoms. The second-order valence-electron chi connectivity index (χ2n) is 6.18. The van der Waals surface area contributed by atoms with E-state index in [-0.39, 0.29) is 13.0 Å². The average molecular weight is 352 g/mol. The molecular formula is C12H24N4O8. The molecule has 2 aliphatic rings. The van der Waals surface area contributed by atoms with Crippen molar-refractivity contribution in [2.75, 3.05) is 6.54 Å². The van der Waals surface area contributed by atoms with Crippen LogP contribution in [0.25, 0.3) is 0 Å². The summed E-state index contributed by atoms with van der Waals surface area (Å²) in [6.45, 7) is -0.213. The summed E-state index contributed by atoms with van der Waals surface area (Å²) in [5.41, 5.74) is 16.9. The molecule has 0 unspecified atom stereocenters. The highest BCUT2D eigenvalue weighted by Gasteiger charge is 2.54. The highest BCUT2D eigenvalue weighted by atomic mass is 16.7. The van der Waals surface area contributed by atoms with Crippen molar-refractivity contribution in [2.45, 2.75) is 67.5 Å². The van der Waals surface area contributed by atoms with E-state index in [9.17, 15) is 30.5 Å². The first kappa shape index (κ1) is 19.4. The van der Waals surface area contributed by atoms with Gasteiger partial charge in [-0.05, 0) is 6.42 Å². The molecule has 0 aromatic heterocycles. The Morgan fingerprint density at radius 3 is 2.25 bits per heavy atom. The van der Waals surface area contributed by atoms with E-state index in [4.69, 9.17) is 26.7 Å². The van der Waals surface area contributed by atoms with Gasteiger partial charge in [-0.3, -0.25) is 10.1 Å². The Kier molecular flexibility index (Phi) is 6.06. The third kappa shape index (κ3) is 3.51. The molecule has 10 atom stereocenters. The first-order valence-electron chi connectivity index (χ1n) is 7.57. The molecule has 0 radical (unpaired) electrons. The smallest absolute Gasteiger partial charge is 0.291 e. The summed E-state index contributed by atoms with van der Waals surface area (Å²) in [6, 6.07) is -3.39. The molecule has 1 heterocycles. The molecule has 2 rings (SSSR count). The van der Waals surface area contributed by atoms with Crippen LogP contribution in [0.3, 0.4) is 0 Å². The van der Waals surface area contributed by atoms with Gasteiger partial charge >= 0.3 is 0 Å². The van der Waals surface area contributed by atoms with Gasteiger partial charge in [-0.2, -0.15) is 0 Å². The standard InChI is InChI=1S/C12H24N4O8/c13-2-5-8(18)9(19)6(16(21)22)12(23-5)24-11-4(15)1-3(14)7(17)10(11)20/h3-12,17-20H,1-2,13-15H2/t3-,4+,5+,6+,7+,8+,9+,10-,11-,12+/m1/s1. The van der Waals surface area contributed by atoms with Gasteiger partial charge in [-0.15, -0.1) is 0 Å². The Morgan fingerprint density at radius 1 is 1.08 bits per heavy atom. The maximum atomic E-state index is 11.2. The van der Waals surface area contributed by atoms with E-state index in [1.54, 1.807) is 0 Å². The van der Waals surface area contributed by atoms with Crippen molar-refractivity contribution in [1.82, 2.24) is 0 Å². The molecule has 140 valence electrons. The van der Waals surface area contributed by atoms with Crippen molar-refractivity contribution in [1.29, 1.82) is 0 Å². The van der Waals surface area contributed by atoms with Crippen LogP contribution in [0.1, 0.15) is 6.42 Å². The fraction of sp³-hybridized carbons (Fsp3) is 1.00. The molecule has 10 N–H and O–H groups in total. The third-order valence-corrected chi connectivity index (χ3v) is 4.53. The molecule has 1 aliphatic heterocycles. The molecule has 1 saturated carbocycles. The fourth-order valence-corrected chi connectivity index (χ4v) is 3.07. The first-order chi connectivity index (χ1) is 11.2.